The number of nitrogens with one attached hydrogen (secondary N) is 1. The molecule has 2 N–H and O–H groups in total. The van der Waals surface area contributed by atoms with Crippen LogP contribution in [0.5, 0.6) is 5.75 Å². The fourth-order valence-electron chi connectivity index (χ4n) is 6.62. The van der Waals surface area contributed by atoms with Gasteiger partial charge in [0.1, 0.15) is 17.9 Å². The van der Waals surface area contributed by atoms with E-state index in [-0.39, 0.29) is 24.5 Å². The first-order valence-electron chi connectivity index (χ1n) is 14.6. The highest BCUT2D eigenvalue weighted by atomic mass is 16.5. The van der Waals surface area contributed by atoms with Crippen LogP contribution in [0, 0.1) is 0 Å². The topological polar surface area (TPSA) is 91.3 Å². The van der Waals surface area contributed by atoms with Gasteiger partial charge in [0.25, 0.3) is 5.91 Å². The third kappa shape index (κ3) is 5.69. The molecule has 1 saturated carbocycles. The molecule has 0 unspecified atom stereocenters. The van der Waals surface area contributed by atoms with Crippen LogP contribution in [0.1, 0.15) is 55.3 Å². The van der Waals surface area contributed by atoms with Crippen molar-refractivity contribution < 1.29 is 24.2 Å². The lowest BCUT2D eigenvalue weighted by Gasteiger charge is -2.43. The number of piperazine rings is 1. The van der Waals surface area contributed by atoms with Gasteiger partial charge in [0.2, 0.25) is 5.91 Å². The number of hydrogen-bond acceptors (Lipinski definition) is 6. The Morgan fingerprint density at radius 2 is 1.72 bits per heavy atom. The molecule has 1 aliphatic carbocycles. The smallest absolute Gasteiger partial charge is 0.258 e. The van der Waals surface area contributed by atoms with Crippen LogP contribution in [0.4, 0.5) is 0 Å². The van der Waals surface area contributed by atoms with Crippen LogP contribution in [0.2, 0.25) is 0 Å². The lowest BCUT2D eigenvalue weighted by Crippen LogP contribution is -2.62. The van der Waals surface area contributed by atoms with Gasteiger partial charge in [-0.15, -0.1) is 0 Å². The zero-order valence-electron chi connectivity index (χ0n) is 22.5. The van der Waals surface area contributed by atoms with Crippen LogP contribution in [-0.2, 0) is 9.53 Å². The number of amides is 2. The third-order valence-corrected chi connectivity index (χ3v) is 8.89. The number of carbonyl (C=O) groups is 2. The number of aliphatic hydroxyl groups excluding tert-OH is 1. The number of aliphatic hydroxyl groups is 1. The minimum absolute atomic E-state index is 0.0706. The Balaban J connectivity index is 1.33. The van der Waals surface area contributed by atoms with E-state index >= 15 is 0 Å². The Labute approximate surface area is 230 Å². The molecular weight excluding hydrogens is 494 g/mol. The fourth-order valence-corrected chi connectivity index (χ4v) is 6.62. The Morgan fingerprint density at radius 3 is 2.54 bits per heavy atom. The Kier molecular flexibility index (Phi) is 7.86. The van der Waals surface area contributed by atoms with E-state index < -0.39 is 18.2 Å². The normalized spacial score (nSPS) is 29.1. The molecule has 2 saturated heterocycles. The van der Waals surface area contributed by atoms with Gasteiger partial charge in [0.05, 0.1) is 24.4 Å². The van der Waals surface area contributed by atoms with Gasteiger partial charge in [-0.3, -0.25) is 14.5 Å². The summed E-state index contributed by atoms with van der Waals surface area (Å²) in [5.41, 5.74) is 2.50. The second kappa shape index (κ2) is 11.7. The van der Waals surface area contributed by atoms with Gasteiger partial charge in [0, 0.05) is 38.6 Å². The van der Waals surface area contributed by atoms with Gasteiger partial charge in [0.15, 0.2) is 0 Å². The number of benzene rings is 2. The van der Waals surface area contributed by atoms with Crippen molar-refractivity contribution in [2.24, 2.45) is 0 Å². The summed E-state index contributed by atoms with van der Waals surface area (Å²) in [6, 6.07) is 15.6. The number of ether oxygens (including phenoxy) is 2. The first kappa shape index (κ1) is 26.3. The van der Waals surface area contributed by atoms with E-state index in [4.69, 9.17) is 9.47 Å². The molecule has 8 heteroatoms. The molecule has 2 aromatic rings. The quantitative estimate of drug-likeness (QED) is 0.616. The van der Waals surface area contributed by atoms with Crippen molar-refractivity contribution in [1.82, 2.24) is 15.1 Å². The number of hydrogen-bond donors (Lipinski definition) is 2. The average Bonchev–Trinajstić information content (AvgIpc) is 3.52. The summed E-state index contributed by atoms with van der Waals surface area (Å²) in [5, 5.41) is 13.6. The molecule has 4 aliphatic rings. The summed E-state index contributed by atoms with van der Waals surface area (Å²) in [5.74, 6) is 0.164. The molecule has 2 amide bonds. The molecule has 0 radical (unpaired) electrons. The number of rotatable bonds is 2. The predicted molar refractivity (Wildman–Crippen MR) is 148 cm³/mol. The van der Waals surface area contributed by atoms with E-state index in [1.54, 1.807) is 4.90 Å². The van der Waals surface area contributed by atoms with E-state index in [9.17, 15) is 14.7 Å². The Morgan fingerprint density at radius 1 is 0.897 bits per heavy atom. The van der Waals surface area contributed by atoms with Gasteiger partial charge in [-0.2, -0.15) is 0 Å². The molecule has 0 aromatic heterocycles. The molecule has 39 heavy (non-hydrogen) atoms. The van der Waals surface area contributed by atoms with Crippen molar-refractivity contribution in [2.45, 2.75) is 75.3 Å². The van der Waals surface area contributed by atoms with Crippen molar-refractivity contribution in [3.63, 3.8) is 0 Å². The van der Waals surface area contributed by atoms with Crippen LogP contribution in [0.3, 0.4) is 0 Å². The van der Waals surface area contributed by atoms with Crippen LogP contribution in [-0.4, -0.2) is 89.9 Å². The molecule has 3 aliphatic heterocycles. The predicted octanol–water partition coefficient (Wildman–Crippen LogP) is 3.23. The van der Waals surface area contributed by atoms with Crippen molar-refractivity contribution in [2.75, 3.05) is 32.8 Å². The largest absolute Gasteiger partial charge is 0.493 e. The van der Waals surface area contributed by atoms with Crippen molar-refractivity contribution in [3.8, 4) is 16.9 Å². The summed E-state index contributed by atoms with van der Waals surface area (Å²) >= 11 is 0. The zero-order valence-corrected chi connectivity index (χ0v) is 22.5. The molecule has 8 nitrogen and oxygen atoms in total. The second-order valence-electron chi connectivity index (χ2n) is 11.3. The summed E-state index contributed by atoms with van der Waals surface area (Å²) in [4.78, 5) is 31.8. The Bertz CT molecular complexity index is 1170. The molecule has 2 aromatic carbocycles. The maximum atomic E-state index is 14.1. The molecule has 208 valence electrons. The second-order valence-corrected chi connectivity index (χ2v) is 11.3. The minimum Gasteiger partial charge on any atom is -0.493 e. The standard InChI is InChI=1S/C31H39N3O5/c35-27-13-11-24-14-17-38-28-18-22(21-6-2-1-3-7-21)10-12-25(28)31(37)34-16-15-33(23-8-4-5-9-23)20-26(34)30(36)32-19-29(27)39-24/h1-3,6-7,10,12,18,23-24,26-27,29,35H,4-5,8-9,11,13-17,19-20H2,(H,32,36)/t24-,26-,27-,29+/m0/s1. The first-order chi connectivity index (χ1) is 19.1. The fraction of sp³-hybridized carbons (Fsp3) is 0.548. The molecule has 4 atom stereocenters. The summed E-state index contributed by atoms with van der Waals surface area (Å²) in [6.07, 6.45) is 5.56. The summed E-state index contributed by atoms with van der Waals surface area (Å²) in [6.45, 7) is 2.38. The zero-order chi connectivity index (χ0) is 26.8. The summed E-state index contributed by atoms with van der Waals surface area (Å²) < 4.78 is 12.5. The van der Waals surface area contributed by atoms with E-state index in [1.807, 2.05) is 48.5 Å². The molecular formula is C31H39N3O5. The van der Waals surface area contributed by atoms with Crippen LogP contribution in [0.25, 0.3) is 11.1 Å². The van der Waals surface area contributed by atoms with Gasteiger partial charge in [-0.25, -0.2) is 0 Å². The van der Waals surface area contributed by atoms with E-state index in [2.05, 4.69) is 10.2 Å². The summed E-state index contributed by atoms with van der Waals surface area (Å²) in [7, 11) is 0. The average molecular weight is 534 g/mol. The maximum Gasteiger partial charge on any atom is 0.258 e. The maximum absolute atomic E-state index is 14.1. The van der Waals surface area contributed by atoms with Crippen LogP contribution >= 0.6 is 0 Å². The number of carbonyl (C=O) groups excluding carboxylic acids is 2. The van der Waals surface area contributed by atoms with Crippen molar-refractivity contribution in [3.05, 3.63) is 54.1 Å². The van der Waals surface area contributed by atoms with Crippen LogP contribution < -0.4 is 10.1 Å². The van der Waals surface area contributed by atoms with E-state index in [0.29, 0.717) is 49.9 Å². The van der Waals surface area contributed by atoms with Crippen molar-refractivity contribution >= 4 is 11.8 Å². The molecule has 3 heterocycles. The van der Waals surface area contributed by atoms with E-state index in [1.165, 1.54) is 12.8 Å². The highest BCUT2D eigenvalue weighted by Gasteiger charge is 2.40. The molecule has 0 spiro atoms. The van der Waals surface area contributed by atoms with Gasteiger partial charge in [-0.05, 0) is 48.9 Å². The molecule has 2 bridgehead atoms. The molecule has 3 fully saturated rings. The number of nitrogens with zero attached hydrogens (tertiary/aromatic N) is 2. The van der Waals surface area contributed by atoms with Gasteiger partial charge < -0.3 is 24.8 Å². The first-order valence-corrected chi connectivity index (χ1v) is 14.6. The van der Waals surface area contributed by atoms with Crippen molar-refractivity contribution in [1.29, 1.82) is 0 Å². The Hall–Kier alpha value is -2.94. The minimum atomic E-state index is -0.622. The SMILES string of the molecule is O=C1NC[C@H]2O[C@H](CCOc3cc(-c4ccccc4)ccc3C(=O)N3CCN(C4CCCC4)C[C@@H]13)CC[C@@H]2O. The lowest BCUT2D eigenvalue weighted by atomic mass is 9.98. The highest BCUT2D eigenvalue weighted by molar-refractivity contribution is 6.00. The molecule has 6 rings (SSSR count). The van der Waals surface area contributed by atoms with Gasteiger partial charge in [-0.1, -0.05) is 49.2 Å². The van der Waals surface area contributed by atoms with Crippen LogP contribution in [0.15, 0.2) is 48.5 Å². The van der Waals surface area contributed by atoms with E-state index in [0.717, 1.165) is 36.9 Å². The number of fused-ring (bicyclic) bond motifs is 4. The lowest BCUT2D eigenvalue weighted by molar-refractivity contribution is -0.135. The van der Waals surface area contributed by atoms with Gasteiger partial charge >= 0.3 is 0 Å². The third-order valence-electron chi connectivity index (χ3n) is 8.89. The highest BCUT2D eigenvalue weighted by Crippen LogP contribution is 2.32. The monoisotopic (exact) mass is 533 g/mol.